The molecule has 1 radical (unpaired) electrons. The molecule has 0 aliphatic carbocycles. The van der Waals surface area contributed by atoms with Gasteiger partial charge >= 0.3 is 0 Å². The molecular formula is C23H47. The molecule has 0 aliphatic heterocycles. The highest BCUT2D eigenvalue weighted by Crippen LogP contribution is 2.28. The van der Waals surface area contributed by atoms with E-state index in [9.17, 15) is 0 Å². The van der Waals surface area contributed by atoms with Crippen LogP contribution in [0.2, 0.25) is 0 Å². The Hall–Kier alpha value is 0. The Morgan fingerprint density at radius 3 is 1.22 bits per heavy atom. The van der Waals surface area contributed by atoms with Crippen LogP contribution in [-0.2, 0) is 0 Å². The van der Waals surface area contributed by atoms with E-state index in [0.29, 0.717) is 0 Å². The van der Waals surface area contributed by atoms with Crippen molar-refractivity contribution in [2.75, 3.05) is 0 Å². The minimum atomic E-state index is 0.884. The predicted octanol–water partition coefficient (Wildman–Crippen LogP) is 8.74. The van der Waals surface area contributed by atoms with E-state index in [2.05, 4.69) is 34.1 Å². The Balaban J connectivity index is 4.09. The number of rotatable bonds is 18. The summed E-state index contributed by atoms with van der Waals surface area (Å²) >= 11 is 0. The van der Waals surface area contributed by atoms with Crippen LogP contribution in [-0.4, -0.2) is 0 Å². The van der Waals surface area contributed by atoms with E-state index in [1.165, 1.54) is 103 Å². The molecule has 0 saturated carbocycles. The third-order valence-electron chi connectivity index (χ3n) is 5.35. The van der Waals surface area contributed by atoms with Crippen molar-refractivity contribution in [3.05, 3.63) is 6.42 Å². The largest absolute Gasteiger partial charge is 0.0654 e. The van der Waals surface area contributed by atoms with Crippen LogP contribution in [0.15, 0.2) is 0 Å². The molecule has 0 aliphatic rings. The van der Waals surface area contributed by atoms with Crippen LogP contribution >= 0.6 is 0 Å². The van der Waals surface area contributed by atoms with Crippen LogP contribution in [0.5, 0.6) is 0 Å². The van der Waals surface area contributed by atoms with Crippen molar-refractivity contribution in [2.24, 2.45) is 11.8 Å². The molecule has 0 spiro atoms. The normalized spacial score (nSPS) is 12.9. The van der Waals surface area contributed by atoms with Crippen LogP contribution in [0.25, 0.3) is 0 Å². The van der Waals surface area contributed by atoms with E-state index < -0.39 is 0 Å². The molecule has 0 aromatic rings. The molecule has 0 aromatic heterocycles. The van der Waals surface area contributed by atoms with Gasteiger partial charge in [-0.3, -0.25) is 0 Å². The highest BCUT2D eigenvalue weighted by Gasteiger charge is 2.15. The predicted molar refractivity (Wildman–Crippen MR) is 108 cm³/mol. The lowest BCUT2D eigenvalue weighted by Crippen LogP contribution is -2.10. The lowest BCUT2D eigenvalue weighted by atomic mass is 9.83. The maximum atomic E-state index is 2.78. The minimum Gasteiger partial charge on any atom is -0.0654 e. The number of hydrogen-bond acceptors (Lipinski definition) is 0. The Labute approximate surface area is 149 Å². The van der Waals surface area contributed by atoms with Gasteiger partial charge in [0.15, 0.2) is 0 Å². The van der Waals surface area contributed by atoms with Crippen molar-refractivity contribution >= 4 is 0 Å². The SMILES string of the molecule is CCCCCCC([CH]C(CCCCCC)CCCCCC)CC. The summed E-state index contributed by atoms with van der Waals surface area (Å²) in [5, 5.41) is 0. The van der Waals surface area contributed by atoms with Crippen molar-refractivity contribution in [3.63, 3.8) is 0 Å². The topological polar surface area (TPSA) is 0 Å². The smallest absolute Gasteiger partial charge is 0.0324 e. The first-order chi connectivity index (χ1) is 11.3. The highest BCUT2D eigenvalue weighted by atomic mass is 14.2. The third-order valence-corrected chi connectivity index (χ3v) is 5.35. The van der Waals surface area contributed by atoms with Crippen molar-refractivity contribution in [1.82, 2.24) is 0 Å². The summed E-state index contributed by atoms with van der Waals surface area (Å²) < 4.78 is 0. The van der Waals surface area contributed by atoms with E-state index in [-0.39, 0.29) is 0 Å². The Morgan fingerprint density at radius 1 is 0.478 bits per heavy atom. The Bertz CT molecular complexity index is 196. The van der Waals surface area contributed by atoms with Gasteiger partial charge in [0.1, 0.15) is 0 Å². The second-order valence-electron chi connectivity index (χ2n) is 7.67. The van der Waals surface area contributed by atoms with Crippen molar-refractivity contribution in [2.45, 2.75) is 130 Å². The van der Waals surface area contributed by atoms with Gasteiger partial charge in [-0.1, -0.05) is 130 Å². The third kappa shape index (κ3) is 15.3. The molecule has 0 nitrogen and oxygen atoms in total. The van der Waals surface area contributed by atoms with Crippen LogP contribution in [0, 0.1) is 18.3 Å². The molecule has 0 rings (SSSR count). The molecule has 1 unspecified atom stereocenters. The molecule has 23 heavy (non-hydrogen) atoms. The second-order valence-corrected chi connectivity index (χ2v) is 7.67. The van der Waals surface area contributed by atoms with E-state index in [0.717, 1.165) is 11.8 Å². The molecule has 1 atom stereocenters. The molecule has 0 heterocycles. The quantitative estimate of drug-likeness (QED) is 0.221. The first-order valence-electron chi connectivity index (χ1n) is 11.1. The second kappa shape index (κ2) is 18.3. The summed E-state index contributed by atoms with van der Waals surface area (Å²) in [6.07, 6.45) is 25.5. The minimum absolute atomic E-state index is 0.884. The molecule has 0 amide bonds. The van der Waals surface area contributed by atoms with Crippen LogP contribution in [0.3, 0.4) is 0 Å². The van der Waals surface area contributed by atoms with Crippen molar-refractivity contribution < 1.29 is 0 Å². The zero-order valence-corrected chi connectivity index (χ0v) is 17.0. The van der Waals surface area contributed by atoms with E-state index in [1.807, 2.05) is 0 Å². The van der Waals surface area contributed by atoms with Gasteiger partial charge in [0.2, 0.25) is 0 Å². The van der Waals surface area contributed by atoms with Gasteiger partial charge in [0.05, 0.1) is 0 Å². The van der Waals surface area contributed by atoms with E-state index in [4.69, 9.17) is 0 Å². The van der Waals surface area contributed by atoms with Gasteiger partial charge in [0, 0.05) is 0 Å². The van der Waals surface area contributed by atoms with Crippen LogP contribution in [0.1, 0.15) is 130 Å². The Kier molecular flexibility index (Phi) is 18.3. The van der Waals surface area contributed by atoms with E-state index >= 15 is 0 Å². The number of hydrogen-bond donors (Lipinski definition) is 0. The van der Waals surface area contributed by atoms with Gasteiger partial charge in [-0.25, -0.2) is 0 Å². The Morgan fingerprint density at radius 2 is 0.870 bits per heavy atom. The molecule has 139 valence electrons. The monoisotopic (exact) mass is 323 g/mol. The number of unbranched alkanes of at least 4 members (excludes halogenated alkanes) is 9. The average Bonchev–Trinajstić information content (AvgIpc) is 2.57. The van der Waals surface area contributed by atoms with Crippen molar-refractivity contribution in [3.8, 4) is 0 Å². The summed E-state index contributed by atoms with van der Waals surface area (Å²) in [5.41, 5.74) is 0. The zero-order valence-electron chi connectivity index (χ0n) is 17.0. The summed E-state index contributed by atoms with van der Waals surface area (Å²) in [6.45, 7) is 9.34. The van der Waals surface area contributed by atoms with Gasteiger partial charge in [-0.05, 0) is 18.3 Å². The highest BCUT2D eigenvalue weighted by molar-refractivity contribution is 4.83. The molecule has 0 saturated heterocycles. The average molecular weight is 324 g/mol. The maximum Gasteiger partial charge on any atom is -0.0324 e. The summed E-state index contributed by atoms with van der Waals surface area (Å²) in [5.74, 6) is 1.79. The van der Waals surface area contributed by atoms with Gasteiger partial charge in [-0.2, -0.15) is 0 Å². The first-order valence-corrected chi connectivity index (χ1v) is 11.1. The van der Waals surface area contributed by atoms with E-state index in [1.54, 1.807) is 0 Å². The molecule has 0 heteroatoms. The summed E-state index contributed by atoms with van der Waals surface area (Å²) in [7, 11) is 0. The lowest BCUT2D eigenvalue weighted by Gasteiger charge is -2.23. The molecule has 0 aromatic carbocycles. The fourth-order valence-corrected chi connectivity index (χ4v) is 3.66. The van der Waals surface area contributed by atoms with Crippen LogP contribution < -0.4 is 0 Å². The van der Waals surface area contributed by atoms with Gasteiger partial charge in [-0.15, -0.1) is 0 Å². The fourth-order valence-electron chi connectivity index (χ4n) is 3.66. The van der Waals surface area contributed by atoms with Gasteiger partial charge < -0.3 is 0 Å². The molecule has 0 fully saturated rings. The first kappa shape index (κ1) is 23.0. The summed E-state index contributed by atoms with van der Waals surface area (Å²) in [4.78, 5) is 0. The summed E-state index contributed by atoms with van der Waals surface area (Å²) in [6, 6.07) is 0. The fraction of sp³-hybridized carbons (Fsp3) is 0.957. The molecule has 0 bridgehead atoms. The zero-order chi connectivity index (χ0) is 17.2. The standard InChI is InChI=1S/C23H47/c1-5-9-12-15-18-22(8-4)21-23(19-16-13-10-6-2)20-17-14-11-7-3/h21-23H,5-20H2,1-4H3. The molecule has 0 N–H and O–H groups in total. The maximum absolute atomic E-state index is 2.78. The van der Waals surface area contributed by atoms with Crippen molar-refractivity contribution in [1.29, 1.82) is 0 Å². The van der Waals surface area contributed by atoms with Gasteiger partial charge in [0.25, 0.3) is 0 Å². The van der Waals surface area contributed by atoms with Crippen LogP contribution in [0.4, 0.5) is 0 Å². The molecular weight excluding hydrogens is 276 g/mol. The lowest BCUT2D eigenvalue weighted by molar-refractivity contribution is 0.381.